The Hall–Kier alpha value is -1.02. The van der Waals surface area contributed by atoms with Gasteiger partial charge in [0.15, 0.2) is 0 Å². The van der Waals surface area contributed by atoms with Crippen LogP contribution in [0.25, 0.3) is 0 Å². The summed E-state index contributed by atoms with van der Waals surface area (Å²) >= 11 is 0. The van der Waals surface area contributed by atoms with Crippen molar-refractivity contribution in [3.8, 4) is 5.75 Å². The highest BCUT2D eigenvalue weighted by Crippen LogP contribution is 2.25. The molecule has 0 aliphatic carbocycles. The van der Waals surface area contributed by atoms with Gasteiger partial charge in [-0.3, -0.25) is 0 Å². The number of aryl methyl sites for hydroxylation is 2. The Labute approximate surface area is 92.9 Å². The third-order valence-corrected chi connectivity index (χ3v) is 2.53. The Morgan fingerprint density at radius 3 is 2.40 bits per heavy atom. The zero-order chi connectivity index (χ0) is 11.4. The van der Waals surface area contributed by atoms with Crippen molar-refractivity contribution in [2.75, 3.05) is 27.7 Å². The molecule has 0 bridgehead atoms. The Bertz CT molecular complexity index is 332. The predicted molar refractivity (Wildman–Crippen MR) is 64.7 cm³/mol. The lowest BCUT2D eigenvalue weighted by molar-refractivity contribution is 0.390. The van der Waals surface area contributed by atoms with Crippen LogP contribution < -0.4 is 4.74 Å². The summed E-state index contributed by atoms with van der Waals surface area (Å²) in [5.41, 5.74) is 3.84. The second-order valence-electron chi connectivity index (χ2n) is 4.33. The van der Waals surface area contributed by atoms with Crippen molar-refractivity contribution in [3.05, 3.63) is 28.8 Å². The fourth-order valence-electron chi connectivity index (χ4n) is 1.86. The van der Waals surface area contributed by atoms with E-state index in [4.69, 9.17) is 4.74 Å². The Morgan fingerprint density at radius 1 is 1.20 bits per heavy atom. The molecule has 0 unspecified atom stereocenters. The zero-order valence-corrected chi connectivity index (χ0v) is 10.4. The molecule has 0 saturated heterocycles. The number of hydrogen-bond donors (Lipinski definition) is 0. The lowest BCUT2D eigenvalue weighted by Gasteiger charge is -2.15. The quantitative estimate of drug-likeness (QED) is 0.752. The Kier molecular flexibility index (Phi) is 4.15. The number of ether oxygens (including phenoxy) is 1. The van der Waals surface area contributed by atoms with Gasteiger partial charge in [-0.05, 0) is 45.5 Å². The van der Waals surface area contributed by atoms with Gasteiger partial charge >= 0.3 is 0 Å². The largest absolute Gasteiger partial charge is 0.496 e. The average Bonchev–Trinajstić information content (AvgIpc) is 2.13. The Balaban J connectivity index is 2.93. The fraction of sp³-hybridized carbons (Fsp3) is 0.538. The minimum absolute atomic E-state index is 1.04. The molecule has 0 heterocycles. The molecule has 0 atom stereocenters. The molecule has 0 radical (unpaired) electrons. The van der Waals surface area contributed by atoms with Crippen molar-refractivity contribution >= 4 is 0 Å². The maximum atomic E-state index is 5.44. The molecule has 0 aliphatic rings. The number of methoxy groups -OCH3 is 1. The third kappa shape index (κ3) is 3.24. The smallest absolute Gasteiger partial charge is 0.125 e. The first-order valence-corrected chi connectivity index (χ1v) is 5.33. The van der Waals surface area contributed by atoms with Crippen LogP contribution in [0.4, 0.5) is 0 Å². The summed E-state index contributed by atoms with van der Waals surface area (Å²) in [6.07, 6.45) is 1.04. The van der Waals surface area contributed by atoms with Gasteiger partial charge in [-0.1, -0.05) is 17.7 Å². The van der Waals surface area contributed by atoms with Crippen LogP contribution >= 0.6 is 0 Å². The number of likely N-dealkylation sites (N-methyl/N-ethyl adjacent to an activating group) is 1. The minimum Gasteiger partial charge on any atom is -0.496 e. The van der Waals surface area contributed by atoms with Crippen molar-refractivity contribution in [1.29, 1.82) is 0 Å². The molecule has 0 aromatic heterocycles. The number of rotatable bonds is 4. The van der Waals surface area contributed by atoms with Gasteiger partial charge in [0.25, 0.3) is 0 Å². The second-order valence-corrected chi connectivity index (χ2v) is 4.33. The minimum atomic E-state index is 1.04. The summed E-state index contributed by atoms with van der Waals surface area (Å²) < 4.78 is 5.44. The van der Waals surface area contributed by atoms with E-state index in [1.54, 1.807) is 7.11 Å². The molecule has 0 amide bonds. The first kappa shape index (κ1) is 12.1. The van der Waals surface area contributed by atoms with Gasteiger partial charge < -0.3 is 9.64 Å². The van der Waals surface area contributed by atoms with Crippen LogP contribution in [0, 0.1) is 13.8 Å². The maximum absolute atomic E-state index is 5.44. The van der Waals surface area contributed by atoms with Gasteiger partial charge in [-0.25, -0.2) is 0 Å². The van der Waals surface area contributed by atoms with E-state index in [0.717, 1.165) is 18.7 Å². The zero-order valence-electron chi connectivity index (χ0n) is 10.4. The standard InChI is InChI=1S/C13H21NO/c1-10-8-11(2)13(15-5)12(9-10)6-7-14(3)4/h8-9H,6-7H2,1-5H3. The van der Waals surface area contributed by atoms with Crippen molar-refractivity contribution in [2.45, 2.75) is 20.3 Å². The molecule has 1 aromatic carbocycles. The summed E-state index contributed by atoms with van der Waals surface area (Å²) in [5, 5.41) is 0. The highest BCUT2D eigenvalue weighted by atomic mass is 16.5. The number of hydrogen-bond acceptors (Lipinski definition) is 2. The summed E-state index contributed by atoms with van der Waals surface area (Å²) in [6, 6.07) is 4.38. The first-order valence-electron chi connectivity index (χ1n) is 5.33. The van der Waals surface area contributed by atoms with Crippen LogP contribution in [0.15, 0.2) is 12.1 Å². The van der Waals surface area contributed by atoms with Crippen LogP contribution in [0.3, 0.4) is 0 Å². The molecule has 0 saturated carbocycles. The SMILES string of the molecule is COc1c(C)cc(C)cc1CCN(C)C. The molecule has 0 N–H and O–H groups in total. The van der Waals surface area contributed by atoms with Crippen LogP contribution in [0.5, 0.6) is 5.75 Å². The highest BCUT2D eigenvalue weighted by molar-refractivity contribution is 5.43. The Morgan fingerprint density at radius 2 is 1.87 bits per heavy atom. The molecule has 1 rings (SSSR count). The van der Waals surface area contributed by atoms with Crippen molar-refractivity contribution in [3.63, 3.8) is 0 Å². The lowest BCUT2D eigenvalue weighted by Crippen LogP contribution is -2.15. The topological polar surface area (TPSA) is 12.5 Å². The molecule has 0 fully saturated rings. The van der Waals surface area contributed by atoms with E-state index in [1.807, 2.05) is 0 Å². The summed E-state index contributed by atoms with van der Waals surface area (Å²) in [7, 11) is 5.93. The average molecular weight is 207 g/mol. The van der Waals surface area contributed by atoms with Crippen LogP contribution in [0.2, 0.25) is 0 Å². The van der Waals surface area contributed by atoms with E-state index >= 15 is 0 Å². The molecule has 15 heavy (non-hydrogen) atoms. The number of benzene rings is 1. The van der Waals surface area contributed by atoms with Crippen molar-refractivity contribution in [2.24, 2.45) is 0 Å². The predicted octanol–water partition coefficient (Wildman–Crippen LogP) is 2.42. The first-order chi connectivity index (χ1) is 7.04. The van der Waals surface area contributed by atoms with Crippen LogP contribution in [0.1, 0.15) is 16.7 Å². The lowest BCUT2D eigenvalue weighted by atomic mass is 10.0. The van der Waals surface area contributed by atoms with Crippen molar-refractivity contribution in [1.82, 2.24) is 4.90 Å². The molecular formula is C13H21NO. The van der Waals surface area contributed by atoms with E-state index in [9.17, 15) is 0 Å². The van der Waals surface area contributed by atoms with E-state index in [1.165, 1.54) is 16.7 Å². The van der Waals surface area contributed by atoms with Gasteiger partial charge in [0.2, 0.25) is 0 Å². The summed E-state index contributed by atoms with van der Waals surface area (Å²) in [6.45, 7) is 5.29. The van der Waals surface area contributed by atoms with Gasteiger partial charge in [-0.15, -0.1) is 0 Å². The number of nitrogens with zero attached hydrogens (tertiary/aromatic N) is 1. The van der Waals surface area contributed by atoms with E-state index in [0.29, 0.717) is 0 Å². The molecule has 84 valence electrons. The molecular weight excluding hydrogens is 186 g/mol. The third-order valence-electron chi connectivity index (χ3n) is 2.53. The summed E-state index contributed by atoms with van der Waals surface area (Å²) in [4.78, 5) is 2.19. The second kappa shape index (κ2) is 5.17. The van der Waals surface area contributed by atoms with Gasteiger partial charge in [-0.2, -0.15) is 0 Å². The van der Waals surface area contributed by atoms with Crippen LogP contribution in [-0.4, -0.2) is 32.6 Å². The van der Waals surface area contributed by atoms with Crippen molar-refractivity contribution < 1.29 is 4.74 Å². The van der Waals surface area contributed by atoms with Gasteiger partial charge in [0.1, 0.15) is 5.75 Å². The fourth-order valence-corrected chi connectivity index (χ4v) is 1.86. The highest BCUT2D eigenvalue weighted by Gasteiger charge is 2.07. The van der Waals surface area contributed by atoms with Crippen LogP contribution in [-0.2, 0) is 6.42 Å². The summed E-state index contributed by atoms with van der Waals surface area (Å²) in [5.74, 6) is 1.04. The van der Waals surface area contributed by atoms with Gasteiger partial charge in [0, 0.05) is 6.54 Å². The van der Waals surface area contributed by atoms with E-state index in [-0.39, 0.29) is 0 Å². The van der Waals surface area contributed by atoms with Gasteiger partial charge in [0.05, 0.1) is 7.11 Å². The van der Waals surface area contributed by atoms with E-state index < -0.39 is 0 Å². The molecule has 2 nitrogen and oxygen atoms in total. The maximum Gasteiger partial charge on any atom is 0.125 e. The monoisotopic (exact) mass is 207 g/mol. The normalized spacial score (nSPS) is 10.8. The molecule has 0 spiro atoms. The molecule has 1 aromatic rings. The molecule has 0 aliphatic heterocycles. The molecule has 2 heteroatoms. The van der Waals surface area contributed by atoms with E-state index in [2.05, 4.69) is 45.0 Å².